The number of hydrogen-bond acceptors (Lipinski definition) is 5. The van der Waals surface area contributed by atoms with Gasteiger partial charge < -0.3 is 9.57 Å². The molecule has 0 aliphatic heterocycles. The Bertz CT molecular complexity index is 1130. The fraction of sp³-hybridized carbons (Fsp3) is 0.174. The first-order valence-electron chi connectivity index (χ1n) is 9.42. The lowest BCUT2D eigenvalue weighted by Crippen LogP contribution is -2.34. The molecule has 0 radical (unpaired) electrons. The highest BCUT2D eigenvalue weighted by atomic mass is 32.2. The van der Waals surface area contributed by atoms with Gasteiger partial charge in [-0.05, 0) is 59.3 Å². The van der Waals surface area contributed by atoms with Gasteiger partial charge in [-0.3, -0.25) is 0 Å². The van der Waals surface area contributed by atoms with Gasteiger partial charge in [-0.2, -0.15) is 0 Å². The summed E-state index contributed by atoms with van der Waals surface area (Å²) in [4.78, 5) is 17.5. The Morgan fingerprint density at radius 1 is 0.933 bits per heavy atom. The summed E-state index contributed by atoms with van der Waals surface area (Å²) in [7, 11) is -2.74. The fourth-order valence-electron chi connectivity index (χ4n) is 2.95. The molecular formula is C23H23NO5S. The van der Waals surface area contributed by atoms with Gasteiger partial charge in [-0.15, -0.1) is 0 Å². The molecule has 0 fully saturated rings. The normalized spacial score (nSPS) is 11.3. The monoisotopic (exact) mass is 425 g/mol. The molecule has 0 saturated heterocycles. The van der Waals surface area contributed by atoms with E-state index in [9.17, 15) is 13.2 Å². The van der Waals surface area contributed by atoms with Crippen LogP contribution in [0.4, 0.5) is 0 Å². The van der Waals surface area contributed by atoms with E-state index in [2.05, 4.69) is 0 Å². The van der Waals surface area contributed by atoms with E-state index in [-0.39, 0.29) is 17.0 Å². The zero-order valence-electron chi connectivity index (χ0n) is 17.0. The van der Waals surface area contributed by atoms with Crippen molar-refractivity contribution in [1.29, 1.82) is 0 Å². The van der Waals surface area contributed by atoms with Gasteiger partial charge in [0.15, 0.2) is 0 Å². The van der Waals surface area contributed by atoms with Crippen molar-refractivity contribution in [1.82, 2.24) is 4.47 Å². The van der Waals surface area contributed by atoms with Crippen LogP contribution in [-0.2, 0) is 14.8 Å². The second-order valence-electron chi connectivity index (χ2n) is 6.57. The lowest BCUT2D eigenvalue weighted by Gasteiger charge is -2.21. The molecule has 0 heterocycles. The van der Waals surface area contributed by atoms with E-state index in [1.54, 1.807) is 32.0 Å². The Morgan fingerprint density at radius 2 is 1.57 bits per heavy atom. The lowest BCUT2D eigenvalue weighted by atomic mass is 10.1. The third-order valence-corrected chi connectivity index (χ3v) is 6.33. The first-order valence-corrected chi connectivity index (χ1v) is 10.9. The van der Waals surface area contributed by atoms with Crippen LogP contribution in [0.25, 0.3) is 11.1 Å². The van der Waals surface area contributed by atoms with Crippen LogP contribution in [0.15, 0.2) is 77.7 Å². The minimum Gasteiger partial charge on any atom is -0.465 e. The van der Waals surface area contributed by atoms with Gasteiger partial charge >= 0.3 is 5.97 Å². The Hall–Kier alpha value is -3.16. The van der Waals surface area contributed by atoms with Gasteiger partial charge in [-0.1, -0.05) is 48.5 Å². The highest BCUT2D eigenvalue weighted by molar-refractivity contribution is 7.89. The Balaban J connectivity index is 1.86. The molecule has 3 aromatic carbocycles. The van der Waals surface area contributed by atoms with E-state index >= 15 is 0 Å². The summed E-state index contributed by atoms with van der Waals surface area (Å²) in [5.74, 6) is -0.203. The molecule has 0 aliphatic rings. The third kappa shape index (κ3) is 4.53. The number of rotatable bonds is 7. The smallest absolute Gasteiger partial charge is 0.338 e. The molecular weight excluding hydrogens is 402 g/mol. The number of nitrogens with zero attached hydrogens (tertiary/aromatic N) is 1. The number of ether oxygens (including phenoxy) is 1. The first-order chi connectivity index (χ1) is 14.4. The molecule has 0 bridgehead atoms. The molecule has 0 atom stereocenters. The number of methoxy groups -OCH3 is 1. The maximum atomic E-state index is 13.1. The average molecular weight is 426 g/mol. The maximum Gasteiger partial charge on any atom is 0.338 e. The zero-order valence-corrected chi connectivity index (χ0v) is 17.8. The summed E-state index contributed by atoms with van der Waals surface area (Å²) < 4.78 is 31.8. The topological polar surface area (TPSA) is 72.9 Å². The van der Waals surface area contributed by atoms with Crippen LogP contribution in [0.2, 0.25) is 0 Å². The summed E-state index contributed by atoms with van der Waals surface area (Å²) >= 11 is 0. The number of carbonyl (C=O) groups is 1. The van der Waals surface area contributed by atoms with Crippen molar-refractivity contribution in [2.24, 2.45) is 0 Å². The molecule has 0 saturated carbocycles. The van der Waals surface area contributed by atoms with Crippen LogP contribution in [0, 0.1) is 6.92 Å². The number of esters is 1. The van der Waals surface area contributed by atoms with E-state index in [0.717, 1.165) is 15.6 Å². The number of sulfonamides is 1. The van der Waals surface area contributed by atoms with E-state index < -0.39 is 16.0 Å². The largest absolute Gasteiger partial charge is 0.465 e. The van der Waals surface area contributed by atoms with Crippen molar-refractivity contribution in [2.75, 3.05) is 13.7 Å². The number of carbonyl (C=O) groups excluding carboxylic acids is 1. The van der Waals surface area contributed by atoms with E-state index in [4.69, 9.17) is 9.57 Å². The van der Waals surface area contributed by atoms with Crippen molar-refractivity contribution in [3.63, 3.8) is 0 Å². The van der Waals surface area contributed by atoms with Gasteiger partial charge in [0, 0.05) is 6.54 Å². The summed E-state index contributed by atoms with van der Waals surface area (Å²) in [6.45, 7) is 3.47. The van der Waals surface area contributed by atoms with Crippen molar-refractivity contribution in [3.8, 4) is 16.9 Å². The highest BCUT2D eigenvalue weighted by Crippen LogP contribution is 2.25. The molecule has 30 heavy (non-hydrogen) atoms. The molecule has 0 amide bonds. The number of benzene rings is 3. The molecule has 3 rings (SSSR count). The third-order valence-electron chi connectivity index (χ3n) is 4.61. The second-order valence-corrected chi connectivity index (χ2v) is 8.40. The van der Waals surface area contributed by atoms with Gasteiger partial charge in [0.2, 0.25) is 0 Å². The molecule has 156 valence electrons. The molecule has 0 spiro atoms. The van der Waals surface area contributed by atoms with Crippen molar-refractivity contribution in [2.45, 2.75) is 18.7 Å². The predicted molar refractivity (Wildman–Crippen MR) is 115 cm³/mol. The first kappa shape index (κ1) is 21.5. The van der Waals surface area contributed by atoms with E-state index in [0.29, 0.717) is 11.3 Å². The number of aryl methyl sites for hydroxylation is 1. The molecule has 7 heteroatoms. The van der Waals surface area contributed by atoms with Gasteiger partial charge in [-0.25, -0.2) is 13.2 Å². The standard InChI is InChI=1S/C23H23NO5S/c1-4-24(29-20-13-11-19(12-14-20)18-8-6-5-7-9-18)30(26,27)21-15-10-17(2)22(16-21)23(25)28-3/h5-16H,4H2,1-3H3. The quantitative estimate of drug-likeness (QED) is 0.413. The van der Waals surface area contributed by atoms with Crippen LogP contribution >= 0.6 is 0 Å². The number of hydroxylamine groups is 1. The maximum absolute atomic E-state index is 13.1. The minimum absolute atomic E-state index is 0.0451. The summed E-state index contributed by atoms with van der Waals surface area (Å²) in [6.07, 6.45) is 0. The summed E-state index contributed by atoms with van der Waals surface area (Å²) in [5, 5.41) is 0. The SMILES string of the molecule is CCN(Oc1ccc(-c2ccccc2)cc1)S(=O)(=O)c1ccc(C)c(C(=O)OC)c1. The number of hydrogen-bond donors (Lipinski definition) is 0. The van der Waals surface area contributed by atoms with Crippen LogP contribution in [0.5, 0.6) is 5.75 Å². The van der Waals surface area contributed by atoms with Gasteiger partial charge in [0.1, 0.15) is 5.75 Å². The van der Waals surface area contributed by atoms with Crippen molar-refractivity contribution >= 4 is 16.0 Å². The summed E-state index contributed by atoms with van der Waals surface area (Å²) in [5.41, 5.74) is 2.87. The molecule has 0 aliphatic carbocycles. The fourth-order valence-corrected chi connectivity index (χ4v) is 4.22. The van der Waals surface area contributed by atoms with Crippen LogP contribution < -0.4 is 4.84 Å². The lowest BCUT2D eigenvalue weighted by molar-refractivity contribution is 0.0415. The van der Waals surface area contributed by atoms with Gasteiger partial charge in [0.05, 0.1) is 17.6 Å². The van der Waals surface area contributed by atoms with E-state index in [1.165, 1.54) is 19.2 Å². The predicted octanol–water partition coefficient (Wildman–Crippen LogP) is 4.45. The van der Waals surface area contributed by atoms with E-state index in [1.807, 2.05) is 42.5 Å². The Morgan fingerprint density at radius 3 is 2.17 bits per heavy atom. The summed E-state index contributed by atoms with van der Waals surface area (Å²) in [6, 6.07) is 21.3. The van der Waals surface area contributed by atoms with Crippen LogP contribution in [-0.4, -0.2) is 32.5 Å². The molecule has 0 N–H and O–H groups in total. The zero-order chi connectivity index (χ0) is 21.7. The van der Waals surface area contributed by atoms with Crippen LogP contribution in [0.1, 0.15) is 22.8 Å². The molecule has 0 aromatic heterocycles. The Labute approximate surface area is 176 Å². The highest BCUT2D eigenvalue weighted by Gasteiger charge is 2.27. The second kappa shape index (κ2) is 9.11. The van der Waals surface area contributed by atoms with Crippen LogP contribution in [0.3, 0.4) is 0 Å². The van der Waals surface area contributed by atoms with Gasteiger partial charge in [0.25, 0.3) is 10.0 Å². The van der Waals surface area contributed by atoms with Crippen molar-refractivity contribution in [3.05, 3.63) is 83.9 Å². The Kier molecular flexibility index (Phi) is 6.54. The van der Waals surface area contributed by atoms with Crippen molar-refractivity contribution < 1.29 is 22.8 Å². The molecule has 6 nitrogen and oxygen atoms in total. The molecule has 3 aromatic rings. The average Bonchev–Trinajstić information content (AvgIpc) is 2.78. The minimum atomic E-state index is -3.99. The molecule has 0 unspecified atom stereocenters.